The molecule has 1 aliphatic heterocycles. The lowest BCUT2D eigenvalue weighted by Gasteiger charge is -2.26. The minimum Gasteiger partial charge on any atom is -0.342 e. The molecule has 0 spiro atoms. The Bertz CT molecular complexity index is 492. The van der Waals surface area contributed by atoms with E-state index >= 15 is 0 Å². The summed E-state index contributed by atoms with van der Waals surface area (Å²) in [6.45, 7) is 1.94. The van der Waals surface area contributed by atoms with Crippen molar-refractivity contribution in [1.82, 2.24) is 4.90 Å². The number of rotatable bonds is 1. The Morgan fingerprint density at radius 1 is 1.06 bits per heavy atom. The molecule has 1 aromatic rings. The second kappa shape index (κ2) is 3.84. The number of hydrogen-bond donors (Lipinski definition) is 0. The maximum Gasteiger partial charge on any atom is 0.225 e. The van der Waals surface area contributed by atoms with Crippen LogP contribution in [0.1, 0.15) is 48.6 Å². The molecule has 2 heteroatoms. The molecule has 1 heterocycles. The zero-order chi connectivity index (χ0) is 12.1. The summed E-state index contributed by atoms with van der Waals surface area (Å²) in [4.78, 5) is 14.4. The zero-order valence-corrected chi connectivity index (χ0v) is 10.6. The predicted octanol–water partition coefficient (Wildman–Crippen LogP) is 2.90. The first kappa shape index (κ1) is 10.6. The fourth-order valence-corrected chi connectivity index (χ4v) is 3.76. The normalized spacial score (nSPS) is 29.9. The Balaban J connectivity index is 1.62. The molecule has 0 unspecified atom stereocenters. The maximum absolute atomic E-state index is 12.2. The molecule has 1 amide bonds. The van der Waals surface area contributed by atoms with Gasteiger partial charge in [-0.15, -0.1) is 0 Å². The topological polar surface area (TPSA) is 20.3 Å². The van der Waals surface area contributed by atoms with Gasteiger partial charge in [-0.05, 0) is 42.7 Å². The van der Waals surface area contributed by atoms with Crippen molar-refractivity contribution in [3.8, 4) is 0 Å². The minimum atomic E-state index is 0.372. The molecule has 94 valence electrons. The van der Waals surface area contributed by atoms with Gasteiger partial charge in [0.05, 0.1) is 0 Å². The van der Waals surface area contributed by atoms with Crippen LogP contribution in [0, 0.1) is 5.92 Å². The van der Waals surface area contributed by atoms with Gasteiger partial charge in [0.15, 0.2) is 0 Å². The number of carbonyl (C=O) groups is 1. The van der Waals surface area contributed by atoms with Crippen molar-refractivity contribution in [2.24, 2.45) is 5.92 Å². The molecule has 2 aliphatic carbocycles. The van der Waals surface area contributed by atoms with Gasteiger partial charge in [0, 0.05) is 24.9 Å². The highest BCUT2D eigenvalue weighted by Gasteiger charge is 2.39. The van der Waals surface area contributed by atoms with Gasteiger partial charge >= 0.3 is 0 Å². The lowest BCUT2D eigenvalue weighted by atomic mass is 9.97. The van der Waals surface area contributed by atoms with E-state index in [0.717, 1.165) is 32.4 Å². The number of nitrogens with zero attached hydrogens (tertiary/aromatic N) is 1. The molecule has 2 fully saturated rings. The van der Waals surface area contributed by atoms with Crippen LogP contribution in [0.25, 0.3) is 0 Å². The summed E-state index contributed by atoms with van der Waals surface area (Å²) in [6, 6.07) is 8.86. The van der Waals surface area contributed by atoms with E-state index in [1.807, 2.05) is 0 Å². The predicted molar refractivity (Wildman–Crippen MR) is 70.5 cm³/mol. The Hall–Kier alpha value is -1.31. The van der Waals surface area contributed by atoms with Crippen molar-refractivity contribution < 1.29 is 4.79 Å². The number of hydrogen-bond acceptors (Lipinski definition) is 1. The van der Waals surface area contributed by atoms with E-state index < -0.39 is 0 Å². The van der Waals surface area contributed by atoms with Crippen LogP contribution in [0.15, 0.2) is 24.3 Å². The number of fused-ring (bicyclic) bond motifs is 5. The molecule has 3 aliphatic rings. The van der Waals surface area contributed by atoms with Crippen molar-refractivity contribution >= 4 is 5.91 Å². The Morgan fingerprint density at radius 3 is 2.50 bits per heavy atom. The third-order valence-electron chi connectivity index (χ3n) is 4.87. The van der Waals surface area contributed by atoms with Gasteiger partial charge in [-0.2, -0.15) is 0 Å². The molecule has 1 saturated heterocycles. The van der Waals surface area contributed by atoms with E-state index in [-0.39, 0.29) is 0 Å². The Morgan fingerprint density at radius 2 is 1.78 bits per heavy atom. The number of benzene rings is 1. The first-order valence-corrected chi connectivity index (χ1v) is 7.20. The van der Waals surface area contributed by atoms with Crippen LogP contribution >= 0.6 is 0 Å². The van der Waals surface area contributed by atoms with Gasteiger partial charge < -0.3 is 4.90 Å². The lowest BCUT2D eigenvalue weighted by Crippen LogP contribution is -2.35. The van der Waals surface area contributed by atoms with E-state index in [1.165, 1.54) is 12.0 Å². The summed E-state index contributed by atoms with van der Waals surface area (Å²) in [5, 5.41) is 0. The average molecular weight is 241 g/mol. The summed E-state index contributed by atoms with van der Waals surface area (Å²) in [5.74, 6) is 2.09. The van der Waals surface area contributed by atoms with Crippen LogP contribution in [-0.2, 0) is 4.79 Å². The van der Waals surface area contributed by atoms with E-state index in [1.54, 1.807) is 5.56 Å². The molecule has 1 saturated carbocycles. The van der Waals surface area contributed by atoms with E-state index in [0.29, 0.717) is 23.7 Å². The molecule has 18 heavy (non-hydrogen) atoms. The van der Waals surface area contributed by atoms with E-state index in [2.05, 4.69) is 29.2 Å². The fourth-order valence-electron chi connectivity index (χ4n) is 3.76. The van der Waals surface area contributed by atoms with Crippen LogP contribution in [-0.4, -0.2) is 23.9 Å². The minimum absolute atomic E-state index is 0.372. The fraction of sp³-hybridized carbons (Fsp3) is 0.562. The third-order valence-corrected chi connectivity index (χ3v) is 4.87. The van der Waals surface area contributed by atoms with Crippen LogP contribution in [0.3, 0.4) is 0 Å². The molecular formula is C16H19NO. The highest BCUT2D eigenvalue weighted by molar-refractivity contribution is 5.81. The standard InChI is InChI=1S/C16H19NO/c18-16(11-5-6-11)17-8-7-12-9-13(10-17)15-4-2-1-3-14(12)15/h1-4,11-13H,5-10H2/t12-,13-/m0/s1. The highest BCUT2D eigenvalue weighted by atomic mass is 16.2. The molecule has 0 N–H and O–H groups in total. The first-order valence-electron chi connectivity index (χ1n) is 7.20. The summed E-state index contributed by atoms with van der Waals surface area (Å²) in [6.07, 6.45) is 4.67. The highest BCUT2D eigenvalue weighted by Crippen LogP contribution is 2.46. The van der Waals surface area contributed by atoms with Crippen molar-refractivity contribution in [2.45, 2.75) is 37.5 Å². The van der Waals surface area contributed by atoms with E-state index in [9.17, 15) is 4.79 Å². The average Bonchev–Trinajstić information content (AvgIpc) is 3.19. The smallest absolute Gasteiger partial charge is 0.225 e. The summed E-state index contributed by atoms with van der Waals surface area (Å²) in [7, 11) is 0. The van der Waals surface area contributed by atoms with E-state index in [4.69, 9.17) is 0 Å². The molecular weight excluding hydrogens is 222 g/mol. The van der Waals surface area contributed by atoms with Crippen molar-refractivity contribution in [1.29, 1.82) is 0 Å². The Labute approximate surface area is 108 Å². The van der Waals surface area contributed by atoms with Crippen molar-refractivity contribution in [3.63, 3.8) is 0 Å². The van der Waals surface area contributed by atoms with Gasteiger partial charge in [-0.25, -0.2) is 0 Å². The number of carbonyl (C=O) groups excluding carboxylic acids is 1. The molecule has 1 aromatic carbocycles. The third kappa shape index (κ3) is 1.58. The van der Waals surface area contributed by atoms with Gasteiger partial charge in [-0.1, -0.05) is 24.3 Å². The molecule has 2 atom stereocenters. The summed E-state index contributed by atoms with van der Waals surface area (Å²) in [5.41, 5.74) is 3.07. The SMILES string of the molecule is O=C(C1CC1)N1CC[C@H]2C[C@@H](C1)c1ccccc12. The quantitative estimate of drug-likeness (QED) is 0.740. The second-order valence-corrected chi connectivity index (χ2v) is 6.11. The van der Waals surface area contributed by atoms with Gasteiger partial charge in [0.25, 0.3) is 0 Å². The number of likely N-dealkylation sites (tertiary alicyclic amines) is 1. The molecule has 0 radical (unpaired) electrons. The van der Waals surface area contributed by atoms with Crippen LogP contribution in [0.4, 0.5) is 0 Å². The first-order chi connectivity index (χ1) is 8.83. The van der Waals surface area contributed by atoms with Crippen LogP contribution in [0.5, 0.6) is 0 Å². The second-order valence-electron chi connectivity index (χ2n) is 6.11. The maximum atomic E-state index is 12.2. The molecule has 0 aromatic heterocycles. The van der Waals surface area contributed by atoms with Gasteiger partial charge in [0.2, 0.25) is 5.91 Å². The van der Waals surface area contributed by atoms with Crippen LogP contribution < -0.4 is 0 Å². The van der Waals surface area contributed by atoms with Crippen LogP contribution in [0.2, 0.25) is 0 Å². The largest absolute Gasteiger partial charge is 0.342 e. The van der Waals surface area contributed by atoms with Gasteiger partial charge in [0.1, 0.15) is 0 Å². The molecule has 2 bridgehead atoms. The van der Waals surface area contributed by atoms with Gasteiger partial charge in [-0.3, -0.25) is 4.79 Å². The Kier molecular flexibility index (Phi) is 2.26. The number of amides is 1. The lowest BCUT2D eigenvalue weighted by molar-refractivity contribution is -0.132. The molecule has 2 nitrogen and oxygen atoms in total. The molecule has 4 rings (SSSR count). The summed E-state index contributed by atoms with van der Waals surface area (Å²) < 4.78 is 0. The van der Waals surface area contributed by atoms with Crippen molar-refractivity contribution in [2.75, 3.05) is 13.1 Å². The van der Waals surface area contributed by atoms with Crippen molar-refractivity contribution in [3.05, 3.63) is 35.4 Å². The zero-order valence-electron chi connectivity index (χ0n) is 10.6. The monoisotopic (exact) mass is 241 g/mol. The summed E-state index contributed by atoms with van der Waals surface area (Å²) >= 11 is 0.